The van der Waals surface area contributed by atoms with Crippen LogP contribution in [0.4, 0.5) is 0 Å². The number of hydrogen-bond acceptors (Lipinski definition) is 2. The van der Waals surface area contributed by atoms with Crippen molar-refractivity contribution >= 4 is 11.8 Å². The molecule has 0 radical (unpaired) electrons. The number of benzene rings is 1. The lowest BCUT2D eigenvalue weighted by Gasteiger charge is -2.46. The summed E-state index contributed by atoms with van der Waals surface area (Å²) in [6, 6.07) is 7.70. The third-order valence-corrected chi connectivity index (χ3v) is 4.80. The van der Waals surface area contributed by atoms with Crippen LogP contribution < -0.4 is 5.32 Å². The van der Waals surface area contributed by atoms with Crippen LogP contribution in [0.5, 0.6) is 0 Å². The highest BCUT2D eigenvalue weighted by atomic mass is 16.2. The highest BCUT2D eigenvalue weighted by Gasteiger charge is 2.56. The molecule has 2 unspecified atom stereocenters. The summed E-state index contributed by atoms with van der Waals surface area (Å²) in [6.45, 7) is 6.22. The van der Waals surface area contributed by atoms with Crippen molar-refractivity contribution < 1.29 is 9.59 Å². The first-order chi connectivity index (χ1) is 9.92. The molecule has 1 aromatic carbocycles. The van der Waals surface area contributed by atoms with Crippen molar-refractivity contribution in [3.8, 4) is 0 Å². The number of hydrogen-bond donors (Lipinski definition) is 1. The van der Waals surface area contributed by atoms with E-state index in [-0.39, 0.29) is 11.8 Å². The average molecular weight is 286 g/mol. The largest absolute Gasteiger partial charge is 0.343 e. The maximum atomic E-state index is 12.6. The second kappa shape index (κ2) is 4.86. The van der Waals surface area contributed by atoms with Gasteiger partial charge in [-0.3, -0.25) is 9.59 Å². The average Bonchev–Trinajstić information content (AvgIpc) is 3.26. The van der Waals surface area contributed by atoms with Gasteiger partial charge in [-0.15, -0.1) is 0 Å². The van der Waals surface area contributed by atoms with E-state index in [4.69, 9.17) is 0 Å². The van der Waals surface area contributed by atoms with Crippen LogP contribution >= 0.6 is 0 Å². The third kappa shape index (κ3) is 2.33. The Kier molecular flexibility index (Phi) is 3.27. The minimum Gasteiger partial charge on any atom is -0.343 e. The van der Waals surface area contributed by atoms with Crippen molar-refractivity contribution in [2.24, 2.45) is 5.92 Å². The van der Waals surface area contributed by atoms with E-state index in [2.05, 4.69) is 11.4 Å². The fourth-order valence-electron chi connectivity index (χ4n) is 3.28. The quantitative estimate of drug-likeness (QED) is 0.924. The van der Waals surface area contributed by atoms with E-state index in [9.17, 15) is 9.59 Å². The summed E-state index contributed by atoms with van der Waals surface area (Å²) in [6.07, 6.45) is 2.05. The van der Waals surface area contributed by atoms with Gasteiger partial charge in [-0.1, -0.05) is 29.8 Å². The van der Waals surface area contributed by atoms with Crippen LogP contribution in [0.3, 0.4) is 0 Å². The normalized spacial score (nSPS) is 29.5. The maximum Gasteiger partial charge on any atom is 0.246 e. The standard InChI is InChI=1S/C17H22N2O2/c1-11-5-4-6-13(9-11)10-19-15(20)12(2)18-16(21)17(19,3)14-7-8-14/h4-6,9,12,14H,7-8,10H2,1-3H3,(H,18,21). The van der Waals surface area contributed by atoms with Gasteiger partial charge in [0.2, 0.25) is 11.8 Å². The van der Waals surface area contributed by atoms with Gasteiger partial charge in [-0.05, 0) is 45.1 Å². The number of carbonyl (C=O) groups excluding carboxylic acids is 2. The Bertz CT molecular complexity index is 594. The molecule has 1 saturated heterocycles. The summed E-state index contributed by atoms with van der Waals surface area (Å²) < 4.78 is 0. The van der Waals surface area contributed by atoms with E-state index >= 15 is 0 Å². The predicted molar refractivity (Wildman–Crippen MR) is 80.5 cm³/mol. The van der Waals surface area contributed by atoms with Gasteiger partial charge < -0.3 is 10.2 Å². The highest BCUT2D eigenvalue weighted by molar-refractivity contribution is 5.99. The molecule has 2 fully saturated rings. The Balaban J connectivity index is 1.94. The summed E-state index contributed by atoms with van der Waals surface area (Å²) in [5.74, 6) is 0.300. The Morgan fingerprint density at radius 2 is 2.05 bits per heavy atom. The van der Waals surface area contributed by atoms with Gasteiger partial charge in [-0.25, -0.2) is 0 Å². The first-order valence-electron chi connectivity index (χ1n) is 7.61. The number of carbonyl (C=O) groups is 2. The molecular weight excluding hydrogens is 264 g/mol. The van der Waals surface area contributed by atoms with Crippen LogP contribution in [0.25, 0.3) is 0 Å². The lowest BCUT2D eigenvalue weighted by Crippen LogP contribution is -2.69. The van der Waals surface area contributed by atoms with Crippen molar-refractivity contribution in [2.45, 2.75) is 51.7 Å². The van der Waals surface area contributed by atoms with E-state index in [1.165, 1.54) is 5.56 Å². The lowest BCUT2D eigenvalue weighted by molar-refractivity contribution is -0.158. The van der Waals surface area contributed by atoms with Gasteiger partial charge in [0.1, 0.15) is 11.6 Å². The monoisotopic (exact) mass is 286 g/mol. The van der Waals surface area contributed by atoms with Crippen LogP contribution in [0.15, 0.2) is 24.3 Å². The second-order valence-corrected chi connectivity index (χ2v) is 6.53. The summed E-state index contributed by atoms with van der Waals surface area (Å²) in [4.78, 5) is 26.9. The smallest absolute Gasteiger partial charge is 0.246 e. The molecule has 1 N–H and O–H groups in total. The molecule has 112 valence electrons. The van der Waals surface area contributed by atoms with E-state index in [0.29, 0.717) is 12.5 Å². The molecule has 2 aliphatic rings. The fraction of sp³-hybridized carbons (Fsp3) is 0.529. The first-order valence-corrected chi connectivity index (χ1v) is 7.61. The van der Waals surface area contributed by atoms with Gasteiger partial charge in [0, 0.05) is 6.54 Å². The van der Waals surface area contributed by atoms with Gasteiger partial charge in [0.25, 0.3) is 0 Å². The summed E-state index contributed by atoms with van der Waals surface area (Å²) in [7, 11) is 0. The zero-order valence-electron chi connectivity index (χ0n) is 12.8. The molecule has 1 saturated carbocycles. The van der Waals surface area contributed by atoms with Gasteiger partial charge in [-0.2, -0.15) is 0 Å². The van der Waals surface area contributed by atoms with E-state index in [1.807, 2.05) is 32.0 Å². The Morgan fingerprint density at radius 1 is 1.33 bits per heavy atom. The van der Waals surface area contributed by atoms with Crippen molar-refractivity contribution in [2.75, 3.05) is 0 Å². The SMILES string of the molecule is Cc1cccc(CN2C(=O)C(C)NC(=O)C2(C)C2CC2)c1. The topological polar surface area (TPSA) is 49.4 Å². The zero-order valence-corrected chi connectivity index (χ0v) is 12.8. The molecule has 0 spiro atoms. The summed E-state index contributed by atoms with van der Waals surface area (Å²) in [5, 5.41) is 2.84. The Hall–Kier alpha value is -1.84. The number of rotatable bonds is 3. The molecular formula is C17H22N2O2. The minimum atomic E-state index is -0.701. The number of nitrogens with one attached hydrogen (secondary N) is 1. The van der Waals surface area contributed by atoms with Crippen LogP contribution in [-0.4, -0.2) is 28.3 Å². The third-order valence-electron chi connectivity index (χ3n) is 4.80. The molecule has 1 aliphatic carbocycles. The Labute approximate surface area is 125 Å². The fourth-order valence-corrected chi connectivity index (χ4v) is 3.28. The molecule has 3 rings (SSSR count). The van der Waals surface area contributed by atoms with Gasteiger partial charge in [0.15, 0.2) is 0 Å². The van der Waals surface area contributed by atoms with Gasteiger partial charge >= 0.3 is 0 Å². The summed E-state index contributed by atoms with van der Waals surface area (Å²) >= 11 is 0. The molecule has 0 bridgehead atoms. The summed E-state index contributed by atoms with van der Waals surface area (Å²) in [5.41, 5.74) is 1.55. The molecule has 1 aromatic rings. The number of amides is 2. The van der Waals surface area contributed by atoms with Crippen molar-refractivity contribution in [3.05, 3.63) is 35.4 Å². The molecule has 21 heavy (non-hydrogen) atoms. The molecule has 1 heterocycles. The van der Waals surface area contributed by atoms with Gasteiger partial charge in [0.05, 0.1) is 0 Å². The molecule has 1 aliphatic heterocycles. The second-order valence-electron chi connectivity index (χ2n) is 6.53. The van der Waals surface area contributed by atoms with Crippen molar-refractivity contribution in [1.29, 1.82) is 0 Å². The Morgan fingerprint density at radius 3 is 2.67 bits per heavy atom. The van der Waals surface area contributed by atoms with Crippen LogP contribution in [0.2, 0.25) is 0 Å². The molecule has 4 heteroatoms. The zero-order chi connectivity index (χ0) is 15.2. The molecule has 2 atom stereocenters. The maximum absolute atomic E-state index is 12.6. The molecule has 2 amide bonds. The van der Waals surface area contributed by atoms with Crippen LogP contribution in [-0.2, 0) is 16.1 Å². The predicted octanol–water partition coefficient (Wildman–Crippen LogP) is 2.01. The molecule has 4 nitrogen and oxygen atoms in total. The number of aryl methyl sites for hydroxylation is 1. The van der Waals surface area contributed by atoms with Crippen molar-refractivity contribution in [1.82, 2.24) is 10.2 Å². The minimum absolute atomic E-state index is 0.00949. The van der Waals surface area contributed by atoms with E-state index in [0.717, 1.165) is 18.4 Å². The van der Waals surface area contributed by atoms with E-state index < -0.39 is 11.6 Å². The van der Waals surface area contributed by atoms with Crippen LogP contribution in [0.1, 0.15) is 37.8 Å². The first kappa shape index (κ1) is 14.1. The van der Waals surface area contributed by atoms with E-state index in [1.54, 1.807) is 11.8 Å². The number of nitrogens with zero attached hydrogens (tertiary/aromatic N) is 1. The lowest BCUT2D eigenvalue weighted by atomic mass is 9.87. The molecule has 0 aromatic heterocycles. The van der Waals surface area contributed by atoms with Crippen molar-refractivity contribution in [3.63, 3.8) is 0 Å². The van der Waals surface area contributed by atoms with Crippen LogP contribution in [0, 0.1) is 12.8 Å². The highest BCUT2D eigenvalue weighted by Crippen LogP contribution is 2.45. The number of piperazine rings is 1.